The Kier molecular flexibility index (Phi) is 6.31. The van der Waals surface area contributed by atoms with Crippen LogP contribution in [-0.2, 0) is 10.2 Å². The van der Waals surface area contributed by atoms with Crippen LogP contribution in [0.15, 0.2) is 48.7 Å². The summed E-state index contributed by atoms with van der Waals surface area (Å²) in [6.07, 6.45) is 0.481. The van der Waals surface area contributed by atoms with Crippen LogP contribution in [0, 0.1) is 11.6 Å². The number of carbonyl (C=O) groups excluding carboxylic acids is 1. The average Bonchev–Trinajstić information content (AvgIpc) is 2.76. The molecule has 0 unspecified atom stereocenters. The molecule has 1 N–H and O–H groups in total. The highest BCUT2D eigenvalue weighted by Gasteiger charge is 2.48. The summed E-state index contributed by atoms with van der Waals surface area (Å²) in [5.74, 6) is -1.22. The molecule has 33 heavy (non-hydrogen) atoms. The molecule has 3 aromatic rings. The summed E-state index contributed by atoms with van der Waals surface area (Å²) in [6, 6.07) is 9.84. The second-order valence-corrected chi connectivity index (χ2v) is 8.43. The van der Waals surface area contributed by atoms with Crippen LogP contribution in [0.4, 0.5) is 19.0 Å². The third kappa shape index (κ3) is 4.81. The molecule has 0 aliphatic heterocycles. The second-order valence-electron chi connectivity index (χ2n) is 8.43. The summed E-state index contributed by atoms with van der Waals surface area (Å²) in [5, 5.41) is 11.2. The van der Waals surface area contributed by atoms with Crippen LogP contribution < -0.4 is 5.32 Å². The van der Waals surface area contributed by atoms with Crippen molar-refractivity contribution in [1.82, 2.24) is 15.2 Å². The summed E-state index contributed by atoms with van der Waals surface area (Å²) in [5.41, 5.74) is -0.00595. The van der Waals surface area contributed by atoms with Gasteiger partial charge < -0.3 is 10.1 Å². The van der Waals surface area contributed by atoms with Crippen molar-refractivity contribution in [3.8, 4) is 11.3 Å². The summed E-state index contributed by atoms with van der Waals surface area (Å²) >= 11 is 0. The van der Waals surface area contributed by atoms with Crippen LogP contribution in [0.25, 0.3) is 11.3 Å². The van der Waals surface area contributed by atoms with Gasteiger partial charge in [0.1, 0.15) is 23.6 Å². The van der Waals surface area contributed by atoms with Crippen molar-refractivity contribution in [1.29, 1.82) is 0 Å². The van der Waals surface area contributed by atoms with Crippen molar-refractivity contribution >= 4 is 11.8 Å². The molecule has 1 saturated carbocycles. The van der Waals surface area contributed by atoms with Crippen molar-refractivity contribution < 1.29 is 22.7 Å². The summed E-state index contributed by atoms with van der Waals surface area (Å²) in [7, 11) is 0. The van der Waals surface area contributed by atoms with Crippen LogP contribution in [0.2, 0.25) is 0 Å². The molecule has 0 bridgehead atoms. The van der Waals surface area contributed by atoms with E-state index in [1.165, 1.54) is 36.5 Å². The quantitative estimate of drug-likeness (QED) is 0.512. The van der Waals surface area contributed by atoms with Gasteiger partial charge in [0.2, 0.25) is 0 Å². The van der Waals surface area contributed by atoms with Gasteiger partial charge in [-0.25, -0.2) is 18.0 Å². The summed E-state index contributed by atoms with van der Waals surface area (Å²) < 4.78 is 47.5. The summed E-state index contributed by atoms with van der Waals surface area (Å²) in [4.78, 5) is 16.3. The smallest absolute Gasteiger partial charge is 0.338 e. The maximum absolute atomic E-state index is 14.4. The highest BCUT2D eigenvalue weighted by atomic mass is 19.1. The van der Waals surface area contributed by atoms with Gasteiger partial charge in [0.15, 0.2) is 0 Å². The minimum absolute atomic E-state index is 0.110. The molecule has 0 atom stereocenters. The first-order chi connectivity index (χ1) is 15.8. The molecule has 0 amide bonds. The largest absolute Gasteiger partial charge is 0.459 e. The van der Waals surface area contributed by atoms with E-state index in [0.717, 1.165) is 0 Å². The standard InChI is InChI=1S/C24H23F3N4O2/c1-14(2)33-23(32)15-5-6-18(26)17(10-15)20-7-8-21(31-30-20)29-13-24(11-16(25)12-24)22-19(27)4-3-9-28-22/h3-10,14,16H,11-13H2,1-2H3,(H,29,31)/t16-,24-. The average molecular weight is 456 g/mol. The van der Waals surface area contributed by atoms with Gasteiger partial charge in [-0.15, -0.1) is 10.2 Å². The zero-order chi connectivity index (χ0) is 23.6. The lowest BCUT2D eigenvalue weighted by molar-refractivity contribution is 0.0378. The van der Waals surface area contributed by atoms with Gasteiger partial charge in [-0.3, -0.25) is 4.98 Å². The molecule has 1 aromatic carbocycles. The molecule has 9 heteroatoms. The molecule has 4 rings (SSSR count). The molecule has 0 saturated heterocycles. The molecule has 0 radical (unpaired) electrons. The SMILES string of the molecule is CC(C)OC(=O)c1ccc(F)c(-c2ccc(NC[C@]3(c4ncccc4F)C[C@H](F)C3)nn2)c1. The van der Waals surface area contributed by atoms with Crippen molar-refractivity contribution in [2.45, 2.75) is 44.4 Å². The van der Waals surface area contributed by atoms with Crippen LogP contribution in [0.5, 0.6) is 0 Å². The molecular formula is C24H23F3N4O2. The van der Waals surface area contributed by atoms with E-state index in [9.17, 15) is 18.0 Å². The molecule has 2 aromatic heterocycles. The highest BCUT2D eigenvalue weighted by Crippen LogP contribution is 2.45. The van der Waals surface area contributed by atoms with Crippen molar-refractivity contribution in [2.75, 3.05) is 11.9 Å². The van der Waals surface area contributed by atoms with Crippen molar-refractivity contribution in [3.05, 3.63) is 71.6 Å². The maximum atomic E-state index is 14.4. The first-order valence-electron chi connectivity index (χ1n) is 10.6. The fourth-order valence-corrected chi connectivity index (χ4v) is 3.95. The van der Waals surface area contributed by atoms with Gasteiger partial charge >= 0.3 is 5.97 Å². The maximum Gasteiger partial charge on any atom is 0.338 e. The first kappa shape index (κ1) is 22.7. The minimum Gasteiger partial charge on any atom is -0.459 e. The number of ether oxygens (including phenoxy) is 1. The third-order valence-corrected chi connectivity index (χ3v) is 5.58. The number of hydrogen-bond donors (Lipinski definition) is 1. The van der Waals surface area contributed by atoms with Gasteiger partial charge in [0, 0.05) is 23.7 Å². The van der Waals surface area contributed by atoms with Gasteiger partial charge in [-0.1, -0.05) is 0 Å². The molecule has 0 spiro atoms. The van der Waals surface area contributed by atoms with E-state index in [-0.39, 0.29) is 48.0 Å². The number of hydrogen-bond acceptors (Lipinski definition) is 6. The Hall–Kier alpha value is -3.49. The zero-order valence-electron chi connectivity index (χ0n) is 18.2. The number of anilines is 1. The number of nitrogens with one attached hydrogen (secondary N) is 1. The molecular weight excluding hydrogens is 433 g/mol. The Morgan fingerprint density at radius 3 is 2.58 bits per heavy atom. The number of esters is 1. The number of nitrogens with zero attached hydrogens (tertiary/aromatic N) is 3. The Morgan fingerprint density at radius 1 is 1.15 bits per heavy atom. The number of rotatable bonds is 7. The molecule has 2 heterocycles. The number of carbonyl (C=O) groups is 1. The molecule has 1 aliphatic carbocycles. The van der Waals surface area contributed by atoms with E-state index in [1.807, 2.05) is 0 Å². The van der Waals surface area contributed by atoms with Crippen LogP contribution in [0.3, 0.4) is 0 Å². The van der Waals surface area contributed by atoms with E-state index < -0.39 is 29.2 Å². The van der Waals surface area contributed by atoms with Gasteiger partial charge in [-0.2, -0.15) is 0 Å². The number of benzene rings is 1. The van der Waals surface area contributed by atoms with E-state index in [1.54, 1.807) is 26.0 Å². The number of alkyl halides is 1. The zero-order valence-corrected chi connectivity index (χ0v) is 18.2. The monoisotopic (exact) mass is 456 g/mol. The predicted octanol–water partition coefficient (Wildman–Crippen LogP) is 4.86. The Balaban J connectivity index is 1.50. The normalized spacial score (nSPS) is 19.8. The first-order valence-corrected chi connectivity index (χ1v) is 10.6. The molecule has 1 aliphatic rings. The number of aromatic nitrogens is 3. The fourth-order valence-electron chi connectivity index (χ4n) is 3.95. The molecule has 1 fully saturated rings. The van der Waals surface area contributed by atoms with Crippen LogP contribution in [-0.4, -0.2) is 40.0 Å². The lowest BCUT2D eigenvalue weighted by Crippen LogP contribution is -2.49. The third-order valence-electron chi connectivity index (χ3n) is 5.58. The van der Waals surface area contributed by atoms with E-state index >= 15 is 0 Å². The van der Waals surface area contributed by atoms with E-state index in [4.69, 9.17) is 4.74 Å². The Labute approximate surface area is 189 Å². The number of halogens is 3. The van der Waals surface area contributed by atoms with Crippen molar-refractivity contribution in [3.63, 3.8) is 0 Å². The van der Waals surface area contributed by atoms with Gasteiger partial charge in [0.05, 0.1) is 23.1 Å². The fraction of sp³-hybridized carbons (Fsp3) is 0.333. The van der Waals surface area contributed by atoms with Crippen molar-refractivity contribution in [2.24, 2.45) is 0 Å². The predicted molar refractivity (Wildman–Crippen MR) is 116 cm³/mol. The Morgan fingerprint density at radius 2 is 1.94 bits per heavy atom. The highest BCUT2D eigenvalue weighted by molar-refractivity contribution is 5.91. The van der Waals surface area contributed by atoms with Gasteiger partial charge in [-0.05, 0) is 69.2 Å². The van der Waals surface area contributed by atoms with E-state index in [0.29, 0.717) is 5.82 Å². The molecule has 172 valence electrons. The minimum atomic E-state index is -1.01. The molecule has 6 nitrogen and oxygen atoms in total. The van der Waals surface area contributed by atoms with Crippen LogP contribution >= 0.6 is 0 Å². The summed E-state index contributed by atoms with van der Waals surface area (Å²) in [6.45, 7) is 3.67. The Bertz CT molecular complexity index is 1150. The van der Waals surface area contributed by atoms with Crippen LogP contribution in [0.1, 0.15) is 42.7 Å². The lowest BCUT2D eigenvalue weighted by atomic mass is 9.65. The van der Waals surface area contributed by atoms with E-state index in [2.05, 4.69) is 20.5 Å². The topological polar surface area (TPSA) is 77.0 Å². The second kappa shape index (κ2) is 9.17. The number of pyridine rings is 1. The van der Waals surface area contributed by atoms with Gasteiger partial charge in [0.25, 0.3) is 0 Å². The lowest BCUT2D eigenvalue weighted by Gasteiger charge is -2.44.